The van der Waals surface area contributed by atoms with Crippen LogP contribution in [0.25, 0.3) is 11.4 Å². The molecule has 0 aromatic carbocycles. The van der Waals surface area contributed by atoms with Gasteiger partial charge in [0.05, 0.1) is 11.4 Å². The van der Waals surface area contributed by atoms with E-state index in [4.69, 9.17) is 0 Å². The van der Waals surface area contributed by atoms with Gasteiger partial charge in [-0.25, -0.2) is 9.97 Å². The van der Waals surface area contributed by atoms with E-state index in [2.05, 4.69) is 19.9 Å². The molecule has 0 unspecified atom stereocenters. The second kappa shape index (κ2) is 5.73. The van der Waals surface area contributed by atoms with Crippen LogP contribution in [-0.2, 0) is 0 Å². The molecule has 0 aliphatic heterocycles. The minimum Gasteiger partial charge on any atom is -0.343 e. The van der Waals surface area contributed by atoms with Crippen LogP contribution >= 0.6 is 0 Å². The van der Waals surface area contributed by atoms with Crippen LogP contribution in [0.15, 0.2) is 24.8 Å². The molecule has 0 N–H and O–H groups in total. The van der Waals surface area contributed by atoms with Crippen molar-refractivity contribution in [3.63, 3.8) is 0 Å². The third-order valence-corrected chi connectivity index (χ3v) is 2.81. The lowest BCUT2D eigenvalue weighted by Crippen LogP contribution is -2.22. The summed E-state index contributed by atoms with van der Waals surface area (Å²) in [6, 6.07) is 1.65. The lowest BCUT2D eigenvalue weighted by molar-refractivity contribution is 0.0822. The zero-order valence-corrected chi connectivity index (χ0v) is 12.0. The summed E-state index contributed by atoms with van der Waals surface area (Å²) in [7, 11) is 3.37. The first-order valence-corrected chi connectivity index (χ1v) is 6.35. The van der Waals surface area contributed by atoms with Crippen molar-refractivity contribution < 1.29 is 4.79 Å². The van der Waals surface area contributed by atoms with E-state index in [9.17, 15) is 4.79 Å². The van der Waals surface area contributed by atoms with E-state index in [-0.39, 0.29) is 11.8 Å². The van der Waals surface area contributed by atoms with Crippen molar-refractivity contribution in [2.45, 2.75) is 19.8 Å². The summed E-state index contributed by atoms with van der Waals surface area (Å²) in [6.45, 7) is 4.08. The fraction of sp³-hybridized carbons (Fsp3) is 0.357. The summed E-state index contributed by atoms with van der Waals surface area (Å²) in [5, 5.41) is 0. The third-order valence-electron chi connectivity index (χ3n) is 2.81. The maximum atomic E-state index is 11.9. The number of hydrogen-bond acceptors (Lipinski definition) is 5. The molecule has 6 heteroatoms. The van der Waals surface area contributed by atoms with Crippen molar-refractivity contribution in [3.8, 4) is 11.4 Å². The fourth-order valence-electron chi connectivity index (χ4n) is 1.80. The number of aromatic nitrogens is 4. The predicted octanol–water partition coefficient (Wildman–Crippen LogP) is 1.76. The lowest BCUT2D eigenvalue weighted by atomic mass is 10.1. The zero-order valence-electron chi connectivity index (χ0n) is 12.0. The predicted molar refractivity (Wildman–Crippen MR) is 75.2 cm³/mol. The van der Waals surface area contributed by atoms with Crippen LogP contribution < -0.4 is 0 Å². The molecule has 0 bridgehead atoms. The monoisotopic (exact) mass is 271 g/mol. The van der Waals surface area contributed by atoms with Crippen LogP contribution in [0.1, 0.15) is 35.9 Å². The topological polar surface area (TPSA) is 71.9 Å². The maximum Gasteiger partial charge on any atom is 0.272 e. The molecule has 0 radical (unpaired) electrons. The van der Waals surface area contributed by atoms with E-state index in [1.165, 1.54) is 11.2 Å². The number of carbonyl (C=O) groups excluding carboxylic acids is 1. The molecule has 2 aromatic heterocycles. The Hall–Kier alpha value is -2.37. The fourth-order valence-corrected chi connectivity index (χ4v) is 1.80. The number of nitrogens with zero attached hydrogens (tertiary/aromatic N) is 5. The van der Waals surface area contributed by atoms with E-state index in [1.54, 1.807) is 32.6 Å². The molecule has 0 aliphatic rings. The Balaban J connectivity index is 2.49. The number of amides is 1. The Labute approximate surface area is 117 Å². The van der Waals surface area contributed by atoms with E-state index in [0.29, 0.717) is 17.1 Å². The van der Waals surface area contributed by atoms with Crippen LogP contribution in [0, 0.1) is 0 Å². The Morgan fingerprint density at radius 3 is 2.45 bits per heavy atom. The van der Waals surface area contributed by atoms with Crippen molar-refractivity contribution >= 4 is 5.91 Å². The van der Waals surface area contributed by atoms with Gasteiger partial charge in [-0.15, -0.1) is 0 Å². The molecule has 2 heterocycles. The van der Waals surface area contributed by atoms with Crippen molar-refractivity contribution in [2.75, 3.05) is 14.1 Å². The molecule has 0 aliphatic carbocycles. The molecule has 6 nitrogen and oxygen atoms in total. The Bertz CT molecular complexity index is 624. The highest BCUT2D eigenvalue weighted by molar-refractivity contribution is 5.92. The first-order valence-electron chi connectivity index (χ1n) is 6.35. The molecule has 0 saturated carbocycles. The van der Waals surface area contributed by atoms with Gasteiger partial charge in [0, 0.05) is 26.5 Å². The van der Waals surface area contributed by atoms with Gasteiger partial charge in [-0.05, 0) is 12.0 Å². The average Bonchev–Trinajstić information content (AvgIpc) is 2.46. The lowest BCUT2D eigenvalue weighted by Gasteiger charge is -2.12. The molecule has 2 aromatic rings. The SMILES string of the molecule is CC(C)c1nccnc1-c1cc(C(=O)N(C)C)ncn1. The number of hydrogen-bond donors (Lipinski definition) is 0. The second-order valence-electron chi connectivity index (χ2n) is 4.93. The first-order chi connectivity index (χ1) is 9.50. The van der Waals surface area contributed by atoms with E-state index in [0.717, 1.165) is 5.69 Å². The Morgan fingerprint density at radius 1 is 1.10 bits per heavy atom. The smallest absolute Gasteiger partial charge is 0.272 e. The normalized spacial score (nSPS) is 10.7. The van der Waals surface area contributed by atoms with Crippen LogP contribution in [0.3, 0.4) is 0 Å². The van der Waals surface area contributed by atoms with Gasteiger partial charge in [0.25, 0.3) is 5.91 Å². The van der Waals surface area contributed by atoms with Gasteiger partial charge < -0.3 is 4.90 Å². The van der Waals surface area contributed by atoms with Crippen LogP contribution in [-0.4, -0.2) is 44.8 Å². The van der Waals surface area contributed by atoms with Gasteiger partial charge in [0.15, 0.2) is 0 Å². The van der Waals surface area contributed by atoms with Crippen molar-refractivity contribution in [1.29, 1.82) is 0 Å². The van der Waals surface area contributed by atoms with Crippen LogP contribution in [0.5, 0.6) is 0 Å². The van der Waals surface area contributed by atoms with E-state index >= 15 is 0 Å². The summed E-state index contributed by atoms with van der Waals surface area (Å²) in [5.74, 6) is 0.0605. The summed E-state index contributed by atoms with van der Waals surface area (Å²) in [6.07, 6.45) is 4.66. The molecular weight excluding hydrogens is 254 g/mol. The van der Waals surface area contributed by atoms with Gasteiger partial charge in [-0.2, -0.15) is 0 Å². The van der Waals surface area contributed by atoms with E-state index < -0.39 is 0 Å². The molecule has 104 valence electrons. The molecule has 0 saturated heterocycles. The Morgan fingerprint density at radius 2 is 1.80 bits per heavy atom. The Kier molecular flexibility index (Phi) is 4.02. The van der Waals surface area contributed by atoms with Gasteiger partial charge in [-0.3, -0.25) is 14.8 Å². The summed E-state index contributed by atoms with van der Waals surface area (Å²) >= 11 is 0. The summed E-state index contributed by atoms with van der Waals surface area (Å²) in [4.78, 5) is 30.3. The number of rotatable bonds is 3. The van der Waals surface area contributed by atoms with Gasteiger partial charge >= 0.3 is 0 Å². The third kappa shape index (κ3) is 2.79. The molecule has 2 rings (SSSR count). The summed E-state index contributed by atoms with van der Waals surface area (Å²) in [5.41, 5.74) is 2.51. The van der Waals surface area contributed by atoms with Gasteiger partial charge in [0.2, 0.25) is 0 Å². The average molecular weight is 271 g/mol. The molecule has 1 amide bonds. The van der Waals surface area contributed by atoms with Crippen molar-refractivity contribution in [2.24, 2.45) is 0 Å². The summed E-state index contributed by atoms with van der Waals surface area (Å²) < 4.78 is 0. The number of carbonyl (C=O) groups is 1. The zero-order chi connectivity index (χ0) is 14.7. The minimum atomic E-state index is -0.163. The highest BCUT2D eigenvalue weighted by atomic mass is 16.2. The van der Waals surface area contributed by atoms with Crippen LogP contribution in [0.2, 0.25) is 0 Å². The largest absolute Gasteiger partial charge is 0.343 e. The highest BCUT2D eigenvalue weighted by Crippen LogP contribution is 2.23. The van der Waals surface area contributed by atoms with E-state index in [1.807, 2.05) is 13.8 Å². The molecule has 0 atom stereocenters. The van der Waals surface area contributed by atoms with Gasteiger partial charge in [-0.1, -0.05) is 13.8 Å². The highest BCUT2D eigenvalue weighted by Gasteiger charge is 2.16. The molecular formula is C14H17N5O. The molecule has 0 spiro atoms. The maximum absolute atomic E-state index is 11.9. The standard InChI is InChI=1S/C14H17N5O/c1-9(2)12-13(16-6-5-15-12)10-7-11(18-8-17-10)14(20)19(3)4/h5-9H,1-4H3. The van der Waals surface area contributed by atoms with Crippen LogP contribution in [0.4, 0.5) is 0 Å². The van der Waals surface area contributed by atoms with Crippen molar-refractivity contribution in [3.05, 3.63) is 36.2 Å². The minimum absolute atomic E-state index is 0.163. The molecule has 20 heavy (non-hydrogen) atoms. The second-order valence-corrected chi connectivity index (χ2v) is 4.93. The quantitative estimate of drug-likeness (QED) is 0.850. The van der Waals surface area contributed by atoms with Gasteiger partial charge in [0.1, 0.15) is 17.7 Å². The van der Waals surface area contributed by atoms with Crippen molar-refractivity contribution in [1.82, 2.24) is 24.8 Å². The molecule has 0 fully saturated rings. The first kappa shape index (κ1) is 14.0.